The fraction of sp³-hybridized carbons (Fsp3) is 0.647. The molecule has 112 valence electrons. The zero-order chi connectivity index (χ0) is 14.6. The van der Waals surface area contributed by atoms with E-state index in [1.54, 1.807) is 0 Å². The van der Waals surface area contributed by atoms with E-state index in [0.717, 1.165) is 30.2 Å². The summed E-state index contributed by atoms with van der Waals surface area (Å²) in [5.41, 5.74) is 1.39. The van der Waals surface area contributed by atoms with Crippen LogP contribution in [-0.4, -0.2) is 19.2 Å². The van der Waals surface area contributed by atoms with Crippen molar-refractivity contribution in [3.05, 3.63) is 34.9 Å². The lowest BCUT2D eigenvalue weighted by Gasteiger charge is -2.23. The minimum atomic E-state index is 0.0478. The molecule has 1 unspecified atom stereocenters. The maximum Gasteiger partial charge on any atom is 0.0963 e. The molecule has 0 bridgehead atoms. The summed E-state index contributed by atoms with van der Waals surface area (Å²) in [4.78, 5) is 0. The van der Waals surface area contributed by atoms with E-state index in [-0.39, 0.29) is 6.10 Å². The molecule has 2 nitrogen and oxygen atoms in total. The Bertz CT molecular complexity index is 423. The maximum absolute atomic E-state index is 6.31. The van der Waals surface area contributed by atoms with E-state index in [0.29, 0.717) is 11.5 Å². The average Bonchev–Trinajstić information content (AvgIpc) is 3.17. The first-order chi connectivity index (χ1) is 9.46. The van der Waals surface area contributed by atoms with Crippen LogP contribution in [0, 0.1) is 5.41 Å². The van der Waals surface area contributed by atoms with Gasteiger partial charge in [-0.05, 0) is 30.7 Å². The first kappa shape index (κ1) is 15.8. The van der Waals surface area contributed by atoms with Crippen molar-refractivity contribution in [2.45, 2.75) is 52.2 Å². The Morgan fingerprint density at radius 2 is 2.00 bits per heavy atom. The van der Waals surface area contributed by atoms with Gasteiger partial charge in [-0.2, -0.15) is 0 Å². The molecular formula is C17H26ClNO. The summed E-state index contributed by atoms with van der Waals surface area (Å²) in [5, 5.41) is 4.34. The smallest absolute Gasteiger partial charge is 0.0963 e. The third-order valence-electron chi connectivity index (χ3n) is 3.59. The SMILES string of the molecule is CC(C)(C)CCOC(CNC1CC1)c1ccccc1Cl. The lowest BCUT2D eigenvalue weighted by molar-refractivity contribution is 0.0368. The van der Waals surface area contributed by atoms with Crippen molar-refractivity contribution in [1.29, 1.82) is 0 Å². The Morgan fingerprint density at radius 1 is 1.30 bits per heavy atom. The zero-order valence-electron chi connectivity index (χ0n) is 12.8. The normalized spacial score (nSPS) is 17.2. The van der Waals surface area contributed by atoms with Crippen molar-refractivity contribution in [3.63, 3.8) is 0 Å². The molecule has 1 aliphatic carbocycles. The molecule has 1 aromatic rings. The minimum Gasteiger partial charge on any atom is -0.372 e. The van der Waals surface area contributed by atoms with Crippen molar-refractivity contribution in [2.24, 2.45) is 5.41 Å². The standard InChI is InChI=1S/C17H26ClNO/c1-17(2,3)10-11-20-16(12-19-13-8-9-13)14-6-4-5-7-15(14)18/h4-7,13,16,19H,8-12H2,1-3H3. The average molecular weight is 296 g/mol. The molecule has 1 saturated carbocycles. The second-order valence-electron chi connectivity index (χ2n) is 6.87. The maximum atomic E-state index is 6.31. The molecule has 0 spiro atoms. The molecule has 0 radical (unpaired) electrons. The molecular weight excluding hydrogens is 270 g/mol. The lowest BCUT2D eigenvalue weighted by Crippen LogP contribution is -2.26. The van der Waals surface area contributed by atoms with Crippen LogP contribution in [0.1, 0.15) is 51.7 Å². The Balaban J connectivity index is 1.94. The number of benzene rings is 1. The van der Waals surface area contributed by atoms with E-state index < -0.39 is 0 Å². The quantitative estimate of drug-likeness (QED) is 0.794. The van der Waals surface area contributed by atoms with Crippen LogP contribution < -0.4 is 5.32 Å². The van der Waals surface area contributed by atoms with Gasteiger partial charge >= 0.3 is 0 Å². The summed E-state index contributed by atoms with van der Waals surface area (Å²) in [5.74, 6) is 0. The topological polar surface area (TPSA) is 21.3 Å². The summed E-state index contributed by atoms with van der Waals surface area (Å²) in [6, 6.07) is 8.68. The summed E-state index contributed by atoms with van der Waals surface area (Å²) < 4.78 is 6.12. The van der Waals surface area contributed by atoms with Gasteiger partial charge in [-0.15, -0.1) is 0 Å². The van der Waals surface area contributed by atoms with E-state index in [1.807, 2.05) is 18.2 Å². The lowest BCUT2D eigenvalue weighted by atomic mass is 9.93. The van der Waals surface area contributed by atoms with Gasteiger partial charge in [0.1, 0.15) is 0 Å². The van der Waals surface area contributed by atoms with Gasteiger partial charge in [-0.25, -0.2) is 0 Å². The van der Waals surface area contributed by atoms with Gasteiger partial charge in [0.05, 0.1) is 6.10 Å². The third-order valence-corrected chi connectivity index (χ3v) is 3.94. The summed E-state index contributed by atoms with van der Waals surface area (Å²) in [6.45, 7) is 8.33. The predicted octanol–water partition coefficient (Wildman–Crippen LogP) is 4.59. The number of rotatable bonds is 7. The highest BCUT2D eigenvalue weighted by atomic mass is 35.5. The Kier molecular flexibility index (Phi) is 5.48. The fourth-order valence-corrected chi connectivity index (χ4v) is 2.32. The highest BCUT2D eigenvalue weighted by molar-refractivity contribution is 6.31. The Labute approximate surface area is 127 Å². The number of nitrogens with one attached hydrogen (secondary N) is 1. The van der Waals surface area contributed by atoms with Crippen LogP contribution in [0.5, 0.6) is 0 Å². The highest BCUT2D eigenvalue weighted by Gasteiger charge is 2.24. The number of hydrogen-bond acceptors (Lipinski definition) is 2. The van der Waals surface area contributed by atoms with Crippen LogP contribution in [0.4, 0.5) is 0 Å². The van der Waals surface area contributed by atoms with E-state index >= 15 is 0 Å². The summed E-state index contributed by atoms with van der Waals surface area (Å²) >= 11 is 6.31. The summed E-state index contributed by atoms with van der Waals surface area (Å²) in [7, 11) is 0. The van der Waals surface area contributed by atoms with E-state index in [1.165, 1.54) is 12.8 Å². The monoisotopic (exact) mass is 295 g/mol. The number of ether oxygens (including phenoxy) is 1. The molecule has 3 heteroatoms. The molecule has 1 fully saturated rings. The van der Waals surface area contributed by atoms with Gasteiger partial charge in [0, 0.05) is 29.8 Å². The van der Waals surface area contributed by atoms with Crippen LogP contribution in [0.25, 0.3) is 0 Å². The minimum absolute atomic E-state index is 0.0478. The molecule has 0 heterocycles. The summed E-state index contributed by atoms with van der Waals surface area (Å²) in [6.07, 6.45) is 3.68. The predicted molar refractivity (Wildman–Crippen MR) is 85.2 cm³/mol. The zero-order valence-corrected chi connectivity index (χ0v) is 13.5. The van der Waals surface area contributed by atoms with Gasteiger partial charge < -0.3 is 10.1 Å². The fourth-order valence-electron chi connectivity index (χ4n) is 2.06. The molecule has 0 saturated heterocycles. The van der Waals surface area contributed by atoms with Gasteiger partial charge in [0.15, 0.2) is 0 Å². The van der Waals surface area contributed by atoms with E-state index in [2.05, 4.69) is 32.2 Å². The Hall–Kier alpha value is -0.570. The van der Waals surface area contributed by atoms with E-state index in [9.17, 15) is 0 Å². The van der Waals surface area contributed by atoms with E-state index in [4.69, 9.17) is 16.3 Å². The van der Waals surface area contributed by atoms with Crippen LogP contribution in [0.2, 0.25) is 5.02 Å². The number of hydrogen-bond donors (Lipinski definition) is 1. The molecule has 1 atom stereocenters. The molecule has 1 aromatic carbocycles. The molecule has 20 heavy (non-hydrogen) atoms. The van der Waals surface area contributed by atoms with Crippen LogP contribution in [-0.2, 0) is 4.74 Å². The largest absolute Gasteiger partial charge is 0.372 e. The van der Waals surface area contributed by atoms with Crippen molar-refractivity contribution in [2.75, 3.05) is 13.2 Å². The van der Waals surface area contributed by atoms with Gasteiger partial charge in [-0.1, -0.05) is 50.6 Å². The van der Waals surface area contributed by atoms with Gasteiger partial charge in [0.2, 0.25) is 0 Å². The second-order valence-corrected chi connectivity index (χ2v) is 7.28. The second kappa shape index (κ2) is 6.93. The van der Waals surface area contributed by atoms with Crippen LogP contribution in [0.15, 0.2) is 24.3 Å². The Morgan fingerprint density at radius 3 is 2.60 bits per heavy atom. The third kappa shape index (κ3) is 5.43. The molecule has 0 aliphatic heterocycles. The van der Waals surface area contributed by atoms with Crippen molar-refractivity contribution >= 4 is 11.6 Å². The molecule has 1 N–H and O–H groups in total. The van der Waals surface area contributed by atoms with Gasteiger partial charge in [-0.3, -0.25) is 0 Å². The van der Waals surface area contributed by atoms with Crippen molar-refractivity contribution in [3.8, 4) is 0 Å². The molecule has 2 rings (SSSR count). The first-order valence-electron chi connectivity index (χ1n) is 7.55. The first-order valence-corrected chi connectivity index (χ1v) is 7.93. The van der Waals surface area contributed by atoms with Gasteiger partial charge in [0.25, 0.3) is 0 Å². The molecule has 0 amide bonds. The van der Waals surface area contributed by atoms with Crippen molar-refractivity contribution < 1.29 is 4.74 Å². The van der Waals surface area contributed by atoms with Crippen molar-refractivity contribution in [1.82, 2.24) is 5.32 Å². The van der Waals surface area contributed by atoms with Crippen LogP contribution in [0.3, 0.4) is 0 Å². The highest BCUT2D eigenvalue weighted by Crippen LogP contribution is 2.28. The van der Waals surface area contributed by atoms with Crippen LogP contribution >= 0.6 is 11.6 Å². The molecule has 0 aromatic heterocycles. The number of halogens is 1. The molecule has 1 aliphatic rings.